The Morgan fingerprint density at radius 2 is 1.90 bits per heavy atom. The number of carbonyl (C=O) groups excluding carboxylic acids is 1. The first kappa shape index (κ1) is 26.7. The van der Waals surface area contributed by atoms with Crippen molar-refractivity contribution in [3.63, 3.8) is 0 Å². The Kier molecular flexibility index (Phi) is 7.30. The van der Waals surface area contributed by atoms with Crippen LogP contribution in [0.2, 0.25) is 5.02 Å². The smallest absolute Gasteiger partial charge is 0.383 e. The summed E-state index contributed by atoms with van der Waals surface area (Å²) in [6.45, 7) is 1.88. The fourth-order valence-corrected chi connectivity index (χ4v) is 4.80. The van der Waals surface area contributed by atoms with Crippen LogP contribution in [-0.2, 0) is 12.6 Å². The fraction of sp³-hybridized carbons (Fsp3) is 0.286. The molecule has 5 rings (SSSR count). The molecule has 39 heavy (non-hydrogen) atoms. The number of aromatic nitrogens is 4. The van der Waals surface area contributed by atoms with Crippen molar-refractivity contribution in [2.24, 2.45) is 0 Å². The number of hydrogen-bond acceptors (Lipinski definition) is 6. The Balaban J connectivity index is 1.44. The van der Waals surface area contributed by atoms with E-state index in [2.05, 4.69) is 33.8 Å². The number of nitrogens with zero attached hydrogens (tertiary/aromatic N) is 5. The molecule has 0 atom stereocenters. The van der Waals surface area contributed by atoms with Crippen LogP contribution in [0.1, 0.15) is 51.6 Å². The molecule has 1 fully saturated rings. The molecule has 0 amide bonds. The molecule has 1 saturated heterocycles. The summed E-state index contributed by atoms with van der Waals surface area (Å²) < 4.78 is 41.1. The molecule has 0 bridgehead atoms. The molecule has 3 heterocycles. The number of ketones is 1. The summed E-state index contributed by atoms with van der Waals surface area (Å²) >= 11 is 6.39. The van der Waals surface area contributed by atoms with Gasteiger partial charge in [0.25, 0.3) is 0 Å². The molecule has 0 radical (unpaired) electrons. The third-order valence-corrected chi connectivity index (χ3v) is 7.10. The van der Waals surface area contributed by atoms with Crippen molar-refractivity contribution in [2.45, 2.75) is 31.5 Å². The average Bonchev–Trinajstić information content (AvgIpc) is 3.29. The number of halogens is 4. The highest BCUT2D eigenvalue weighted by Crippen LogP contribution is 2.31. The zero-order valence-electron chi connectivity index (χ0n) is 21.0. The average molecular weight is 553 g/mol. The van der Waals surface area contributed by atoms with Gasteiger partial charge in [-0.25, -0.2) is 14.6 Å². The van der Waals surface area contributed by atoms with Crippen molar-refractivity contribution in [1.29, 1.82) is 0 Å². The molecule has 0 unspecified atom stereocenters. The molecule has 200 valence electrons. The number of alkyl halides is 3. The highest BCUT2D eigenvalue weighted by Gasteiger charge is 2.31. The lowest BCUT2D eigenvalue weighted by molar-refractivity contribution is -0.137. The summed E-state index contributed by atoms with van der Waals surface area (Å²) in [5.74, 6) is 5.88. The van der Waals surface area contributed by atoms with Gasteiger partial charge in [0.05, 0.1) is 22.0 Å². The minimum Gasteiger partial charge on any atom is -0.383 e. The Morgan fingerprint density at radius 3 is 2.64 bits per heavy atom. The van der Waals surface area contributed by atoms with Gasteiger partial charge in [-0.3, -0.25) is 4.79 Å². The van der Waals surface area contributed by atoms with E-state index < -0.39 is 17.5 Å². The van der Waals surface area contributed by atoms with E-state index in [4.69, 9.17) is 22.4 Å². The maximum absolute atomic E-state index is 13.1. The highest BCUT2D eigenvalue weighted by atomic mass is 35.5. The van der Waals surface area contributed by atoms with Gasteiger partial charge in [-0.1, -0.05) is 35.7 Å². The first-order valence-electron chi connectivity index (χ1n) is 12.3. The van der Waals surface area contributed by atoms with Gasteiger partial charge in [0.1, 0.15) is 17.8 Å². The highest BCUT2D eigenvalue weighted by molar-refractivity contribution is 6.31. The van der Waals surface area contributed by atoms with E-state index in [0.717, 1.165) is 38.1 Å². The molecule has 2 aromatic heterocycles. The first-order valence-corrected chi connectivity index (χ1v) is 12.7. The van der Waals surface area contributed by atoms with Gasteiger partial charge >= 0.3 is 6.18 Å². The second-order valence-electron chi connectivity index (χ2n) is 9.53. The van der Waals surface area contributed by atoms with E-state index in [1.54, 1.807) is 18.2 Å². The van der Waals surface area contributed by atoms with Crippen molar-refractivity contribution in [3.8, 4) is 11.8 Å². The Morgan fingerprint density at radius 1 is 1.13 bits per heavy atom. The number of benzene rings is 2. The number of fused-ring (bicyclic) bond motifs is 1. The van der Waals surface area contributed by atoms with Crippen LogP contribution in [0.3, 0.4) is 0 Å². The molecule has 4 aromatic rings. The summed E-state index contributed by atoms with van der Waals surface area (Å²) in [5.41, 5.74) is 7.34. The van der Waals surface area contributed by atoms with Gasteiger partial charge in [-0.2, -0.15) is 18.3 Å². The standard InChI is InChI=1S/C28H24ClF3N6O/c1-37-11-9-21(10-12-37)38-27-25(26(33)34-16-35-27)23(36-38)8-6-18-13-17(5-7-22(18)29)14-24(39)19-3-2-4-20(15-19)28(30,31)32/h2-5,7,13,15-16,21H,9-12,14H2,1H3,(H2,33,34,35). The van der Waals surface area contributed by atoms with E-state index >= 15 is 0 Å². The second kappa shape index (κ2) is 10.7. The molecule has 2 aromatic carbocycles. The van der Waals surface area contributed by atoms with Gasteiger partial charge in [-0.05, 0) is 68.7 Å². The molecule has 0 saturated carbocycles. The Labute approximate surface area is 227 Å². The van der Waals surface area contributed by atoms with Crippen molar-refractivity contribution in [3.05, 3.63) is 81.8 Å². The monoisotopic (exact) mass is 552 g/mol. The lowest BCUT2D eigenvalue weighted by Crippen LogP contribution is -2.32. The number of Topliss-reactive ketones (excluding diaryl/α,β-unsaturated/α-hetero) is 1. The number of nitrogen functional groups attached to an aromatic ring is 1. The molecule has 0 aliphatic carbocycles. The van der Waals surface area contributed by atoms with Gasteiger partial charge in [0.2, 0.25) is 0 Å². The molecule has 0 spiro atoms. The summed E-state index contributed by atoms with van der Waals surface area (Å²) in [6, 6.07) is 9.44. The zero-order chi connectivity index (χ0) is 27.7. The van der Waals surface area contributed by atoms with E-state index in [1.165, 1.54) is 18.5 Å². The number of piperidine rings is 1. The van der Waals surface area contributed by atoms with Gasteiger partial charge in [-0.15, -0.1) is 0 Å². The van der Waals surface area contributed by atoms with Crippen molar-refractivity contribution in [2.75, 3.05) is 25.9 Å². The van der Waals surface area contributed by atoms with Crippen LogP contribution in [0.4, 0.5) is 19.0 Å². The number of anilines is 1. The predicted molar refractivity (Wildman–Crippen MR) is 142 cm³/mol. The molecule has 2 N–H and O–H groups in total. The minimum absolute atomic E-state index is 0.0196. The van der Waals surface area contributed by atoms with E-state index in [0.29, 0.717) is 32.9 Å². The van der Waals surface area contributed by atoms with Crippen LogP contribution in [0.15, 0.2) is 48.8 Å². The largest absolute Gasteiger partial charge is 0.416 e. The Bertz CT molecular complexity index is 1610. The predicted octanol–water partition coefficient (Wildman–Crippen LogP) is 5.17. The quantitative estimate of drug-likeness (QED) is 0.277. The van der Waals surface area contributed by atoms with Crippen LogP contribution in [0.25, 0.3) is 11.0 Å². The second-order valence-corrected chi connectivity index (χ2v) is 9.94. The summed E-state index contributed by atoms with van der Waals surface area (Å²) in [5, 5.41) is 5.66. The van der Waals surface area contributed by atoms with Crippen LogP contribution >= 0.6 is 11.6 Å². The minimum atomic E-state index is -4.53. The third-order valence-electron chi connectivity index (χ3n) is 6.77. The third kappa shape index (κ3) is 5.75. The molecule has 1 aliphatic rings. The lowest BCUT2D eigenvalue weighted by atomic mass is 10.00. The van der Waals surface area contributed by atoms with Gasteiger partial charge in [0, 0.05) is 17.5 Å². The normalized spacial score (nSPS) is 14.8. The van der Waals surface area contributed by atoms with Gasteiger partial charge in [0.15, 0.2) is 11.4 Å². The Hall–Kier alpha value is -3.94. The lowest BCUT2D eigenvalue weighted by Gasteiger charge is -2.29. The molecule has 11 heteroatoms. The van der Waals surface area contributed by atoms with Crippen LogP contribution in [-0.4, -0.2) is 50.6 Å². The summed E-state index contributed by atoms with van der Waals surface area (Å²) in [7, 11) is 2.08. The first-order chi connectivity index (χ1) is 18.6. The molecular weight excluding hydrogens is 529 g/mol. The molecule has 7 nitrogen and oxygen atoms in total. The maximum Gasteiger partial charge on any atom is 0.416 e. The zero-order valence-corrected chi connectivity index (χ0v) is 21.7. The number of hydrogen-bond donors (Lipinski definition) is 1. The number of nitrogens with two attached hydrogens (primary N) is 1. The topological polar surface area (TPSA) is 89.9 Å². The fourth-order valence-electron chi connectivity index (χ4n) is 4.64. The maximum atomic E-state index is 13.1. The van der Waals surface area contributed by atoms with E-state index in [9.17, 15) is 18.0 Å². The number of carbonyl (C=O) groups is 1. The van der Waals surface area contributed by atoms with Crippen LogP contribution in [0, 0.1) is 11.8 Å². The molecular formula is C28H24ClF3N6O. The van der Waals surface area contributed by atoms with Crippen molar-refractivity contribution < 1.29 is 18.0 Å². The SMILES string of the molecule is CN1CCC(n2nc(C#Cc3cc(CC(=O)c4cccc(C(F)(F)F)c4)ccc3Cl)c3c(N)ncnc32)CC1. The van der Waals surface area contributed by atoms with E-state index in [1.807, 2.05) is 4.68 Å². The summed E-state index contributed by atoms with van der Waals surface area (Å²) in [6.07, 6.45) is -1.40. The van der Waals surface area contributed by atoms with Crippen molar-refractivity contribution >= 4 is 34.2 Å². The van der Waals surface area contributed by atoms with E-state index in [-0.39, 0.29) is 23.8 Å². The number of rotatable bonds is 4. The van der Waals surface area contributed by atoms with Crippen LogP contribution < -0.4 is 5.73 Å². The summed E-state index contributed by atoms with van der Waals surface area (Å²) in [4.78, 5) is 23.5. The molecule has 1 aliphatic heterocycles. The number of likely N-dealkylation sites (tertiary alicyclic amines) is 1. The van der Waals surface area contributed by atoms with Crippen LogP contribution in [0.5, 0.6) is 0 Å². The van der Waals surface area contributed by atoms with Crippen molar-refractivity contribution in [1.82, 2.24) is 24.6 Å². The van der Waals surface area contributed by atoms with Gasteiger partial charge < -0.3 is 10.6 Å².